The zero-order valence-electron chi connectivity index (χ0n) is 17.6. The predicted octanol–water partition coefficient (Wildman–Crippen LogP) is 1.92. The van der Waals surface area contributed by atoms with Gasteiger partial charge in [0.05, 0.1) is 13.7 Å². The van der Waals surface area contributed by atoms with Gasteiger partial charge in [-0.3, -0.25) is 14.7 Å². The average Bonchev–Trinajstić information content (AvgIpc) is 2.79. The lowest BCUT2D eigenvalue weighted by Crippen LogP contribution is -2.52. The summed E-state index contributed by atoms with van der Waals surface area (Å²) >= 11 is 0. The van der Waals surface area contributed by atoms with E-state index in [1.807, 2.05) is 12.3 Å². The fourth-order valence-electron chi connectivity index (χ4n) is 4.24. The Hall–Kier alpha value is -2.49. The molecule has 0 bridgehead atoms. The fraction of sp³-hybridized carbons (Fsp3) is 0.455. The van der Waals surface area contributed by atoms with Crippen LogP contribution in [0.15, 0.2) is 53.7 Å². The highest BCUT2D eigenvalue weighted by Crippen LogP contribution is 2.39. The van der Waals surface area contributed by atoms with Crippen LogP contribution in [0.3, 0.4) is 0 Å². The van der Waals surface area contributed by atoms with E-state index < -0.39 is 16.0 Å². The second kappa shape index (κ2) is 8.94. The number of sulfonamides is 1. The molecule has 31 heavy (non-hydrogen) atoms. The Morgan fingerprint density at radius 2 is 1.97 bits per heavy atom. The van der Waals surface area contributed by atoms with Gasteiger partial charge in [0, 0.05) is 30.9 Å². The van der Waals surface area contributed by atoms with Crippen molar-refractivity contribution in [2.24, 2.45) is 5.41 Å². The molecule has 0 unspecified atom stereocenters. The third-order valence-corrected chi connectivity index (χ3v) is 7.92. The Balaban J connectivity index is 1.57. The predicted molar refractivity (Wildman–Crippen MR) is 114 cm³/mol. The van der Waals surface area contributed by atoms with Crippen LogP contribution in [0.4, 0.5) is 0 Å². The van der Waals surface area contributed by atoms with Crippen molar-refractivity contribution in [1.29, 1.82) is 0 Å². The largest absolute Gasteiger partial charge is 0.492 e. The number of carbonyl (C=O) groups excluding carboxylic acids is 1. The molecule has 4 rings (SSSR count). The summed E-state index contributed by atoms with van der Waals surface area (Å²) in [6.45, 7) is 2.74. The molecule has 1 aromatic heterocycles. The highest BCUT2D eigenvalue weighted by atomic mass is 32.2. The summed E-state index contributed by atoms with van der Waals surface area (Å²) in [5.74, 6) is -0.249. The zero-order valence-corrected chi connectivity index (χ0v) is 18.4. The van der Waals surface area contributed by atoms with Crippen LogP contribution >= 0.6 is 0 Å². The summed E-state index contributed by atoms with van der Waals surface area (Å²) in [7, 11) is -2.63. The first-order chi connectivity index (χ1) is 14.9. The minimum absolute atomic E-state index is 0.0859. The van der Waals surface area contributed by atoms with Gasteiger partial charge in [0.25, 0.3) is 0 Å². The highest BCUT2D eigenvalue weighted by Gasteiger charge is 2.43. The monoisotopic (exact) mass is 445 g/mol. The lowest BCUT2D eigenvalue weighted by molar-refractivity contribution is -0.141. The summed E-state index contributed by atoms with van der Waals surface area (Å²) in [6, 6.07) is 10.6. The highest BCUT2D eigenvalue weighted by molar-refractivity contribution is 7.89. The van der Waals surface area contributed by atoms with E-state index in [-0.39, 0.29) is 23.4 Å². The molecule has 0 N–H and O–H groups in total. The van der Waals surface area contributed by atoms with Crippen molar-refractivity contribution in [2.75, 3.05) is 39.9 Å². The molecule has 0 atom stereocenters. The molecule has 1 aromatic carbocycles. The van der Waals surface area contributed by atoms with Crippen LogP contribution in [0.2, 0.25) is 0 Å². The number of aromatic nitrogens is 1. The normalized spacial score (nSPS) is 20.8. The number of nitrogens with zero attached hydrogens (tertiary/aromatic N) is 3. The van der Waals surface area contributed by atoms with E-state index in [1.165, 1.54) is 17.5 Å². The zero-order chi connectivity index (χ0) is 21.9. The van der Waals surface area contributed by atoms with Gasteiger partial charge in [-0.25, -0.2) is 8.42 Å². The SMILES string of the molecule is COC(=O)CN1CC2(CCN(Cc3cccnc3)CC2)COc2ccccc2S1(=O)=O. The molecule has 2 aliphatic heterocycles. The van der Waals surface area contributed by atoms with Crippen LogP contribution in [0, 0.1) is 5.41 Å². The van der Waals surface area contributed by atoms with Gasteiger partial charge in [-0.15, -0.1) is 0 Å². The first-order valence-electron chi connectivity index (χ1n) is 10.3. The lowest BCUT2D eigenvalue weighted by atomic mass is 9.78. The smallest absolute Gasteiger partial charge is 0.321 e. The summed E-state index contributed by atoms with van der Waals surface area (Å²) in [6.07, 6.45) is 5.16. The summed E-state index contributed by atoms with van der Waals surface area (Å²) in [5.41, 5.74) is 0.774. The van der Waals surface area contributed by atoms with Crippen LogP contribution in [0.25, 0.3) is 0 Å². The van der Waals surface area contributed by atoms with Gasteiger partial charge < -0.3 is 9.47 Å². The molecule has 0 amide bonds. The number of ether oxygens (including phenoxy) is 2. The maximum Gasteiger partial charge on any atom is 0.321 e. The van der Waals surface area contributed by atoms with Crippen molar-refractivity contribution < 1.29 is 22.7 Å². The van der Waals surface area contributed by atoms with Gasteiger partial charge in [-0.2, -0.15) is 4.31 Å². The molecule has 9 heteroatoms. The third-order valence-electron chi connectivity index (χ3n) is 6.09. The van der Waals surface area contributed by atoms with Gasteiger partial charge in [0.15, 0.2) is 0 Å². The number of esters is 1. The van der Waals surface area contributed by atoms with E-state index in [0.717, 1.165) is 38.0 Å². The molecule has 1 fully saturated rings. The number of likely N-dealkylation sites (tertiary alicyclic amines) is 1. The molecule has 3 heterocycles. The number of benzene rings is 1. The van der Waals surface area contributed by atoms with Crippen LogP contribution in [0.5, 0.6) is 5.75 Å². The molecular weight excluding hydrogens is 418 g/mol. The van der Waals surface area contributed by atoms with E-state index in [1.54, 1.807) is 24.4 Å². The summed E-state index contributed by atoms with van der Waals surface area (Å²) < 4.78 is 38.8. The van der Waals surface area contributed by atoms with Crippen LogP contribution in [0.1, 0.15) is 18.4 Å². The number of para-hydroxylation sites is 1. The first-order valence-corrected chi connectivity index (χ1v) is 11.8. The Morgan fingerprint density at radius 1 is 1.19 bits per heavy atom. The topological polar surface area (TPSA) is 89.0 Å². The number of rotatable bonds is 4. The molecule has 0 saturated carbocycles. The fourth-order valence-corrected chi connectivity index (χ4v) is 5.87. The number of fused-ring (bicyclic) bond motifs is 1. The van der Waals surface area contributed by atoms with Crippen molar-refractivity contribution in [3.63, 3.8) is 0 Å². The first kappa shape index (κ1) is 21.7. The van der Waals surface area contributed by atoms with Gasteiger partial charge in [0.2, 0.25) is 10.0 Å². The summed E-state index contributed by atoms with van der Waals surface area (Å²) in [5, 5.41) is 0. The van der Waals surface area contributed by atoms with Gasteiger partial charge in [-0.1, -0.05) is 18.2 Å². The van der Waals surface area contributed by atoms with Crippen molar-refractivity contribution >= 4 is 16.0 Å². The number of methoxy groups -OCH3 is 1. The number of hydrogen-bond donors (Lipinski definition) is 0. The molecule has 2 aromatic rings. The van der Waals surface area contributed by atoms with E-state index in [2.05, 4.69) is 16.0 Å². The second-order valence-electron chi connectivity index (χ2n) is 8.22. The molecule has 1 saturated heterocycles. The Bertz CT molecular complexity index is 1020. The van der Waals surface area contributed by atoms with Crippen molar-refractivity contribution in [2.45, 2.75) is 24.3 Å². The molecule has 8 nitrogen and oxygen atoms in total. The Morgan fingerprint density at radius 3 is 2.68 bits per heavy atom. The third kappa shape index (κ3) is 4.73. The lowest BCUT2D eigenvalue weighted by Gasteiger charge is -2.44. The van der Waals surface area contributed by atoms with Gasteiger partial charge >= 0.3 is 5.97 Å². The molecule has 1 spiro atoms. The maximum atomic E-state index is 13.4. The number of hydrogen-bond acceptors (Lipinski definition) is 7. The van der Waals surface area contributed by atoms with Crippen LogP contribution in [-0.2, 0) is 26.1 Å². The molecule has 2 aliphatic rings. The second-order valence-corrected chi connectivity index (χ2v) is 10.1. The standard InChI is InChI=1S/C22H27N3O5S/c1-29-21(26)15-25-16-22(17-30-19-6-2-3-7-20(19)31(25,27)28)8-11-24(12-9-22)14-18-5-4-10-23-13-18/h2-7,10,13H,8-9,11-12,14-17H2,1H3. The van der Waals surface area contributed by atoms with E-state index in [9.17, 15) is 13.2 Å². The minimum Gasteiger partial charge on any atom is -0.492 e. The number of piperidine rings is 1. The van der Waals surface area contributed by atoms with Crippen LogP contribution in [-0.4, -0.2) is 68.5 Å². The molecule has 166 valence electrons. The van der Waals surface area contributed by atoms with Crippen LogP contribution < -0.4 is 4.74 Å². The number of carbonyl (C=O) groups is 1. The van der Waals surface area contributed by atoms with Gasteiger partial charge in [-0.05, 0) is 49.7 Å². The maximum absolute atomic E-state index is 13.4. The van der Waals surface area contributed by atoms with E-state index >= 15 is 0 Å². The van der Waals surface area contributed by atoms with Crippen molar-refractivity contribution in [3.05, 3.63) is 54.4 Å². The Kier molecular flexibility index (Phi) is 6.27. The van der Waals surface area contributed by atoms with E-state index in [4.69, 9.17) is 9.47 Å². The number of pyridine rings is 1. The quantitative estimate of drug-likeness (QED) is 0.664. The van der Waals surface area contributed by atoms with Gasteiger partial charge in [0.1, 0.15) is 17.2 Å². The summed E-state index contributed by atoms with van der Waals surface area (Å²) in [4.78, 5) is 18.6. The average molecular weight is 446 g/mol. The molecule has 0 aliphatic carbocycles. The molecular formula is C22H27N3O5S. The molecule has 0 radical (unpaired) electrons. The van der Waals surface area contributed by atoms with Crippen molar-refractivity contribution in [3.8, 4) is 5.75 Å². The Labute approximate surface area is 182 Å². The van der Waals surface area contributed by atoms with Crippen molar-refractivity contribution in [1.82, 2.24) is 14.2 Å². The minimum atomic E-state index is -3.90. The van der Waals surface area contributed by atoms with E-state index in [0.29, 0.717) is 12.4 Å².